The molecule has 23 heavy (non-hydrogen) atoms. The Hall–Kier alpha value is -2.67. The number of benzene rings is 2. The average Bonchev–Trinajstić information content (AvgIpc) is 3.06. The van der Waals surface area contributed by atoms with Gasteiger partial charge >= 0.3 is 0 Å². The topological polar surface area (TPSA) is 85.1 Å². The van der Waals surface area contributed by atoms with Crippen molar-refractivity contribution in [3.05, 3.63) is 54.6 Å². The van der Waals surface area contributed by atoms with Crippen molar-refractivity contribution in [3.8, 4) is 22.8 Å². The minimum atomic E-state index is -3.28. The Bertz CT molecular complexity index is 888. The molecule has 7 heteroatoms. The lowest BCUT2D eigenvalue weighted by atomic mass is 10.2. The van der Waals surface area contributed by atoms with E-state index in [2.05, 4.69) is 14.9 Å². The van der Waals surface area contributed by atoms with Crippen LogP contribution in [0, 0.1) is 0 Å². The Kier molecular flexibility index (Phi) is 4.12. The van der Waals surface area contributed by atoms with Gasteiger partial charge in [0.25, 0.3) is 5.89 Å². The predicted octanol–water partition coefficient (Wildman–Crippen LogP) is 3.17. The van der Waals surface area contributed by atoms with Gasteiger partial charge in [0.05, 0.1) is 5.75 Å². The van der Waals surface area contributed by atoms with Gasteiger partial charge in [0.2, 0.25) is 15.8 Å². The summed E-state index contributed by atoms with van der Waals surface area (Å²) in [5.41, 5.74) is 2.09. The van der Waals surface area contributed by atoms with Crippen LogP contribution >= 0.6 is 0 Å². The first-order chi connectivity index (χ1) is 11.1. The lowest BCUT2D eigenvalue weighted by molar-refractivity contribution is 0.432. The summed E-state index contributed by atoms with van der Waals surface area (Å²) in [6, 6.07) is 16.3. The van der Waals surface area contributed by atoms with Gasteiger partial charge in [0.1, 0.15) is 0 Å². The van der Waals surface area contributed by atoms with E-state index in [0.717, 1.165) is 11.1 Å². The molecule has 118 valence electrons. The van der Waals surface area contributed by atoms with Crippen LogP contribution in [-0.4, -0.2) is 24.3 Å². The molecule has 0 saturated heterocycles. The fraction of sp³-hybridized carbons (Fsp3) is 0.125. The standard InChI is InChI=1S/C16H15N3O3S/c1-2-23(20,21)19-14-10-8-12(9-11-14)15-17-16(22-18-15)13-6-4-3-5-7-13/h3-11,19H,2H2,1H3. The van der Waals surface area contributed by atoms with E-state index in [1.54, 1.807) is 31.2 Å². The lowest BCUT2D eigenvalue weighted by Gasteiger charge is -2.05. The van der Waals surface area contributed by atoms with E-state index in [-0.39, 0.29) is 5.75 Å². The third-order valence-corrected chi connectivity index (χ3v) is 4.55. The lowest BCUT2D eigenvalue weighted by Crippen LogP contribution is -2.14. The molecular formula is C16H15N3O3S. The van der Waals surface area contributed by atoms with Gasteiger partial charge in [-0.05, 0) is 43.3 Å². The van der Waals surface area contributed by atoms with Crippen molar-refractivity contribution in [1.29, 1.82) is 0 Å². The van der Waals surface area contributed by atoms with Gasteiger partial charge in [0, 0.05) is 16.8 Å². The van der Waals surface area contributed by atoms with Gasteiger partial charge in [-0.25, -0.2) is 8.42 Å². The number of rotatable bonds is 5. The second-order valence-corrected chi connectivity index (χ2v) is 6.88. The first kappa shape index (κ1) is 15.2. The molecule has 2 aromatic carbocycles. The maximum absolute atomic E-state index is 11.5. The minimum absolute atomic E-state index is 0.0278. The van der Waals surface area contributed by atoms with Gasteiger partial charge in [-0.3, -0.25) is 4.72 Å². The van der Waals surface area contributed by atoms with E-state index in [0.29, 0.717) is 17.4 Å². The molecule has 0 fully saturated rings. The van der Waals surface area contributed by atoms with Crippen LogP contribution in [0.3, 0.4) is 0 Å². The van der Waals surface area contributed by atoms with Crippen LogP contribution in [-0.2, 0) is 10.0 Å². The van der Waals surface area contributed by atoms with E-state index in [1.807, 2.05) is 30.3 Å². The van der Waals surface area contributed by atoms with Crippen molar-refractivity contribution < 1.29 is 12.9 Å². The number of nitrogens with one attached hydrogen (secondary N) is 1. The van der Waals surface area contributed by atoms with Gasteiger partial charge in [-0.15, -0.1) is 0 Å². The van der Waals surface area contributed by atoms with Crippen LogP contribution in [0.25, 0.3) is 22.8 Å². The second kappa shape index (κ2) is 6.21. The monoisotopic (exact) mass is 329 g/mol. The molecule has 0 aliphatic carbocycles. The summed E-state index contributed by atoms with van der Waals surface area (Å²) in [6.45, 7) is 1.58. The normalized spacial score (nSPS) is 11.3. The zero-order chi connectivity index (χ0) is 16.3. The third kappa shape index (κ3) is 3.57. The van der Waals surface area contributed by atoms with Crippen LogP contribution < -0.4 is 4.72 Å². The number of sulfonamides is 1. The number of aromatic nitrogens is 2. The molecule has 1 N–H and O–H groups in total. The highest BCUT2D eigenvalue weighted by Gasteiger charge is 2.11. The maximum Gasteiger partial charge on any atom is 0.258 e. The van der Waals surface area contributed by atoms with E-state index >= 15 is 0 Å². The average molecular weight is 329 g/mol. The molecular weight excluding hydrogens is 314 g/mol. The summed E-state index contributed by atoms with van der Waals surface area (Å²) >= 11 is 0. The highest BCUT2D eigenvalue weighted by Crippen LogP contribution is 2.23. The van der Waals surface area contributed by atoms with Crippen molar-refractivity contribution in [2.45, 2.75) is 6.92 Å². The molecule has 0 spiro atoms. The van der Waals surface area contributed by atoms with Crippen LogP contribution in [0.1, 0.15) is 6.92 Å². The van der Waals surface area contributed by atoms with Crippen LogP contribution in [0.2, 0.25) is 0 Å². The van der Waals surface area contributed by atoms with E-state index in [4.69, 9.17) is 4.52 Å². The van der Waals surface area contributed by atoms with Crippen LogP contribution in [0.15, 0.2) is 59.1 Å². The Morgan fingerprint density at radius 1 is 1.00 bits per heavy atom. The Labute approximate surface area is 134 Å². The van der Waals surface area contributed by atoms with Gasteiger partial charge in [-0.1, -0.05) is 23.4 Å². The highest BCUT2D eigenvalue weighted by atomic mass is 32.2. The SMILES string of the molecule is CCS(=O)(=O)Nc1ccc(-c2noc(-c3ccccc3)n2)cc1. The fourth-order valence-corrected chi connectivity index (χ4v) is 2.62. The molecule has 6 nitrogen and oxygen atoms in total. The number of nitrogens with zero attached hydrogens (tertiary/aromatic N) is 2. The van der Waals surface area contributed by atoms with E-state index < -0.39 is 10.0 Å². The van der Waals surface area contributed by atoms with E-state index in [9.17, 15) is 8.42 Å². The first-order valence-corrected chi connectivity index (χ1v) is 8.73. The quantitative estimate of drug-likeness (QED) is 0.777. The summed E-state index contributed by atoms with van der Waals surface area (Å²) in [4.78, 5) is 4.35. The smallest absolute Gasteiger partial charge is 0.258 e. The summed E-state index contributed by atoms with van der Waals surface area (Å²) < 4.78 is 30.8. The molecule has 0 unspecified atom stereocenters. The molecule has 0 radical (unpaired) electrons. The summed E-state index contributed by atoms with van der Waals surface area (Å²) in [7, 11) is -3.28. The number of hydrogen-bond donors (Lipinski definition) is 1. The molecule has 1 heterocycles. The summed E-state index contributed by atoms with van der Waals surface area (Å²) in [5.74, 6) is 0.921. The molecule has 3 rings (SSSR count). The van der Waals surface area contributed by atoms with Crippen molar-refractivity contribution in [2.24, 2.45) is 0 Å². The maximum atomic E-state index is 11.5. The van der Waals surface area contributed by atoms with Gasteiger partial charge in [0.15, 0.2) is 0 Å². The zero-order valence-electron chi connectivity index (χ0n) is 12.4. The zero-order valence-corrected chi connectivity index (χ0v) is 13.2. The molecule has 0 bridgehead atoms. The summed E-state index contributed by atoms with van der Waals surface area (Å²) in [5, 5.41) is 3.96. The first-order valence-electron chi connectivity index (χ1n) is 7.07. The molecule has 0 aliphatic rings. The number of anilines is 1. The van der Waals surface area contributed by atoms with Crippen molar-refractivity contribution >= 4 is 15.7 Å². The second-order valence-electron chi connectivity index (χ2n) is 4.87. The van der Waals surface area contributed by atoms with Crippen LogP contribution in [0.5, 0.6) is 0 Å². The largest absolute Gasteiger partial charge is 0.334 e. The van der Waals surface area contributed by atoms with Crippen molar-refractivity contribution in [1.82, 2.24) is 10.1 Å². The predicted molar refractivity (Wildman–Crippen MR) is 88.3 cm³/mol. The van der Waals surface area contributed by atoms with E-state index in [1.165, 1.54) is 0 Å². The molecule has 1 aromatic heterocycles. The van der Waals surface area contributed by atoms with Crippen LogP contribution in [0.4, 0.5) is 5.69 Å². The van der Waals surface area contributed by atoms with Crippen molar-refractivity contribution in [3.63, 3.8) is 0 Å². The Balaban J connectivity index is 1.82. The van der Waals surface area contributed by atoms with Crippen molar-refractivity contribution in [2.75, 3.05) is 10.5 Å². The van der Waals surface area contributed by atoms with Gasteiger partial charge < -0.3 is 4.52 Å². The Morgan fingerprint density at radius 2 is 1.70 bits per heavy atom. The third-order valence-electron chi connectivity index (χ3n) is 3.24. The molecule has 0 aliphatic heterocycles. The van der Waals surface area contributed by atoms with Gasteiger partial charge in [-0.2, -0.15) is 4.98 Å². The summed E-state index contributed by atoms with van der Waals surface area (Å²) in [6.07, 6.45) is 0. The number of hydrogen-bond acceptors (Lipinski definition) is 5. The molecule has 0 saturated carbocycles. The minimum Gasteiger partial charge on any atom is -0.334 e. The Morgan fingerprint density at radius 3 is 2.35 bits per heavy atom. The molecule has 0 atom stereocenters. The molecule has 3 aromatic rings. The fourth-order valence-electron chi connectivity index (χ4n) is 1.98. The molecule has 0 amide bonds. The highest BCUT2D eigenvalue weighted by molar-refractivity contribution is 7.92.